The minimum absolute atomic E-state index is 0.0266. The highest BCUT2D eigenvalue weighted by molar-refractivity contribution is 7.11. The SMILES string of the molecule is CCN(CC(=O)O)C1CC(NC(=O)N(C)C(C)c2sc(C)nc2C)C1. The fourth-order valence-electron chi connectivity index (χ4n) is 3.24. The molecule has 0 aromatic carbocycles. The lowest BCUT2D eigenvalue weighted by Crippen LogP contribution is -2.56. The number of urea groups is 1. The Balaban J connectivity index is 1.84. The first kappa shape index (κ1) is 19.7. The minimum atomic E-state index is -0.807. The van der Waals surface area contributed by atoms with E-state index in [2.05, 4.69) is 10.3 Å². The van der Waals surface area contributed by atoms with Gasteiger partial charge in [0.25, 0.3) is 0 Å². The number of carboxylic acid groups (broad SMARTS) is 1. The van der Waals surface area contributed by atoms with Crippen LogP contribution in [0.25, 0.3) is 0 Å². The molecule has 7 nitrogen and oxygen atoms in total. The largest absolute Gasteiger partial charge is 0.480 e. The highest BCUT2D eigenvalue weighted by Gasteiger charge is 2.35. The standard InChI is InChI=1S/C17H28N4O3S/c1-6-21(9-15(22)23)14-7-13(8-14)19-17(24)20(5)11(3)16-10(2)18-12(4)25-16/h11,13-14H,6-9H2,1-5H3,(H,19,24)(H,22,23). The fourth-order valence-corrected chi connectivity index (χ4v) is 4.26. The van der Waals surface area contributed by atoms with Gasteiger partial charge in [-0.25, -0.2) is 9.78 Å². The van der Waals surface area contributed by atoms with Gasteiger partial charge < -0.3 is 15.3 Å². The number of rotatable bonds is 7. The summed E-state index contributed by atoms with van der Waals surface area (Å²) in [5, 5.41) is 13.0. The molecule has 8 heteroatoms. The second-order valence-corrected chi connectivity index (χ2v) is 7.93. The van der Waals surface area contributed by atoms with E-state index in [-0.39, 0.29) is 30.7 Å². The molecule has 1 aromatic heterocycles. The number of hydrogen-bond donors (Lipinski definition) is 2. The van der Waals surface area contributed by atoms with Crippen LogP contribution in [-0.2, 0) is 4.79 Å². The van der Waals surface area contributed by atoms with Crippen molar-refractivity contribution in [3.63, 3.8) is 0 Å². The van der Waals surface area contributed by atoms with Crippen molar-refractivity contribution in [3.8, 4) is 0 Å². The fraction of sp³-hybridized carbons (Fsp3) is 0.706. The van der Waals surface area contributed by atoms with Crippen molar-refractivity contribution >= 4 is 23.3 Å². The van der Waals surface area contributed by atoms with E-state index in [0.29, 0.717) is 6.54 Å². The summed E-state index contributed by atoms with van der Waals surface area (Å²) in [7, 11) is 1.80. The molecular weight excluding hydrogens is 340 g/mol. The van der Waals surface area contributed by atoms with Gasteiger partial charge in [0.05, 0.1) is 23.3 Å². The molecular formula is C17H28N4O3S. The van der Waals surface area contributed by atoms with E-state index in [1.807, 2.05) is 32.6 Å². The molecule has 1 heterocycles. The molecule has 0 bridgehead atoms. The molecule has 1 fully saturated rings. The van der Waals surface area contributed by atoms with Crippen molar-refractivity contribution in [1.82, 2.24) is 20.1 Å². The summed E-state index contributed by atoms with van der Waals surface area (Å²) >= 11 is 1.62. The van der Waals surface area contributed by atoms with Gasteiger partial charge in [-0.2, -0.15) is 0 Å². The van der Waals surface area contributed by atoms with Crippen LogP contribution in [0.1, 0.15) is 48.3 Å². The van der Waals surface area contributed by atoms with Gasteiger partial charge in [-0.15, -0.1) is 11.3 Å². The minimum Gasteiger partial charge on any atom is -0.480 e. The van der Waals surface area contributed by atoms with Crippen LogP contribution in [0.4, 0.5) is 4.79 Å². The maximum Gasteiger partial charge on any atom is 0.317 e. The van der Waals surface area contributed by atoms with Crippen LogP contribution in [0.3, 0.4) is 0 Å². The summed E-state index contributed by atoms with van der Waals surface area (Å²) in [6, 6.07) is 0.226. The summed E-state index contributed by atoms with van der Waals surface area (Å²) in [6.07, 6.45) is 1.60. The van der Waals surface area contributed by atoms with Crippen molar-refractivity contribution in [1.29, 1.82) is 0 Å². The van der Waals surface area contributed by atoms with Gasteiger partial charge in [0.1, 0.15) is 0 Å². The van der Waals surface area contributed by atoms with Crippen molar-refractivity contribution in [2.45, 2.75) is 58.7 Å². The van der Waals surface area contributed by atoms with Crippen LogP contribution in [0.15, 0.2) is 0 Å². The molecule has 140 valence electrons. The highest BCUT2D eigenvalue weighted by Crippen LogP contribution is 2.29. The lowest BCUT2D eigenvalue weighted by atomic mass is 9.85. The van der Waals surface area contributed by atoms with Gasteiger partial charge in [-0.3, -0.25) is 9.69 Å². The van der Waals surface area contributed by atoms with E-state index in [0.717, 1.165) is 28.4 Å². The number of aryl methyl sites for hydroxylation is 2. The second-order valence-electron chi connectivity index (χ2n) is 6.70. The number of thiazole rings is 1. The van der Waals surface area contributed by atoms with Gasteiger partial charge in [-0.05, 0) is 40.2 Å². The third-order valence-electron chi connectivity index (χ3n) is 4.92. The predicted molar refractivity (Wildman–Crippen MR) is 98.0 cm³/mol. The molecule has 0 aliphatic heterocycles. The zero-order valence-electron chi connectivity index (χ0n) is 15.6. The molecule has 2 amide bonds. The first-order valence-electron chi connectivity index (χ1n) is 8.66. The summed E-state index contributed by atoms with van der Waals surface area (Å²) < 4.78 is 0. The third kappa shape index (κ3) is 4.70. The number of carboxylic acids is 1. The van der Waals surface area contributed by atoms with Crippen LogP contribution in [0.5, 0.6) is 0 Å². The molecule has 1 saturated carbocycles. The van der Waals surface area contributed by atoms with Gasteiger partial charge in [0.15, 0.2) is 0 Å². The monoisotopic (exact) mass is 368 g/mol. The van der Waals surface area contributed by atoms with Crippen LogP contribution >= 0.6 is 11.3 Å². The number of aromatic nitrogens is 1. The Morgan fingerprint density at radius 3 is 2.52 bits per heavy atom. The van der Waals surface area contributed by atoms with E-state index in [1.54, 1.807) is 23.3 Å². The van der Waals surface area contributed by atoms with Crippen molar-refractivity contribution in [3.05, 3.63) is 15.6 Å². The quantitative estimate of drug-likeness (QED) is 0.772. The molecule has 1 aromatic rings. The lowest BCUT2D eigenvalue weighted by Gasteiger charge is -2.42. The van der Waals surface area contributed by atoms with Gasteiger partial charge >= 0.3 is 12.0 Å². The Kier molecular flexibility index (Phi) is 6.40. The first-order valence-corrected chi connectivity index (χ1v) is 9.47. The average Bonchev–Trinajstić information content (AvgIpc) is 2.85. The molecule has 0 spiro atoms. The second kappa shape index (κ2) is 8.14. The number of aliphatic carboxylic acids is 1. The number of likely N-dealkylation sites (N-methyl/N-ethyl adjacent to an activating group) is 1. The van der Waals surface area contributed by atoms with Gasteiger partial charge in [-0.1, -0.05) is 6.92 Å². The molecule has 1 aliphatic rings. The third-order valence-corrected chi connectivity index (χ3v) is 6.16. The average molecular weight is 369 g/mol. The van der Waals surface area contributed by atoms with E-state index >= 15 is 0 Å². The Labute approximate surface area is 153 Å². The van der Waals surface area contributed by atoms with E-state index < -0.39 is 5.97 Å². The zero-order valence-corrected chi connectivity index (χ0v) is 16.4. The van der Waals surface area contributed by atoms with E-state index in [4.69, 9.17) is 5.11 Å². The summed E-state index contributed by atoms with van der Waals surface area (Å²) in [5.74, 6) is -0.807. The number of carbonyl (C=O) groups is 2. The maximum atomic E-state index is 12.5. The molecule has 25 heavy (non-hydrogen) atoms. The smallest absolute Gasteiger partial charge is 0.317 e. The van der Waals surface area contributed by atoms with Crippen LogP contribution < -0.4 is 5.32 Å². The summed E-state index contributed by atoms with van der Waals surface area (Å²) in [4.78, 5) is 32.6. The molecule has 0 saturated heterocycles. The van der Waals surface area contributed by atoms with E-state index in [9.17, 15) is 9.59 Å². The van der Waals surface area contributed by atoms with Gasteiger partial charge in [0, 0.05) is 24.0 Å². The Morgan fingerprint density at radius 2 is 2.04 bits per heavy atom. The zero-order chi connectivity index (χ0) is 18.7. The number of nitrogens with zero attached hydrogens (tertiary/aromatic N) is 3. The number of nitrogens with one attached hydrogen (secondary N) is 1. The molecule has 2 N–H and O–H groups in total. The molecule has 2 rings (SSSR count). The Morgan fingerprint density at radius 1 is 1.40 bits per heavy atom. The van der Waals surface area contributed by atoms with Crippen LogP contribution in [0, 0.1) is 13.8 Å². The number of hydrogen-bond acceptors (Lipinski definition) is 5. The van der Waals surface area contributed by atoms with Gasteiger partial charge in [0.2, 0.25) is 0 Å². The van der Waals surface area contributed by atoms with Crippen molar-refractivity contribution in [2.24, 2.45) is 0 Å². The normalized spacial score (nSPS) is 20.9. The van der Waals surface area contributed by atoms with E-state index in [1.165, 1.54) is 0 Å². The summed E-state index contributed by atoms with van der Waals surface area (Å²) in [5.41, 5.74) is 0.977. The maximum absolute atomic E-state index is 12.5. The topological polar surface area (TPSA) is 85.8 Å². The molecule has 1 unspecified atom stereocenters. The first-order chi connectivity index (χ1) is 11.7. The number of carbonyl (C=O) groups excluding carboxylic acids is 1. The summed E-state index contributed by atoms with van der Waals surface area (Å²) in [6.45, 7) is 8.68. The Hall–Kier alpha value is -1.67. The molecule has 1 aliphatic carbocycles. The predicted octanol–water partition coefficient (Wildman–Crippen LogP) is 2.40. The number of amides is 2. The van der Waals surface area contributed by atoms with Crippen molar-refractivity contribution < 1.29 is 14.7 Å². The van der Waals surface area contributed by atoms with Crippen LogP contribution in [-0.4, -0.2) is 64.1 Å². The molecule has 1 atom stereocenters. The van der Waals surface area contributed by atoms with Crippen LogP contribution in [0.2, 0.25) is 0 Å². The Bertz CT molecular complexity index is 627. The lowest BCUT2D eigenvalue weighted by molar-refractivity contribution is -0.139. The highest BCUT2D eigenvalue weighted by atomic mass is 32.1. The van der Waals surface area contributed by atoms with Crippen molar-refractivity contribution in [2.75, 3.05) is 20.1 Å². The molecule has 0 radical (unpaired) electrons.